The van der Waals surface area contributed by atoms with Crippen molar-refractivity contribution in [3.8, 4) is 0 Å². The monoisotopic (exact) mass is 409 g/mol. The highest BCUT2D eigenvalue weighted by Crippen LogP contribution is 2.57. The molecule has 0 aromatic heterocycles. The molecule has 3 saturated heterocycles. The van der Waals surface area contributed by atoms with Crippen molar-refractivity contribution in [1.82, 2.24) is 4.90 Å². The Bertz CT molecular complexity index is 913. The van der Waals surface area contributed by atoms with Gasteiger partial charge in [0.25, 0.3) is 0 Å². The summed E-state index contributed by atoms with van der Waals surface area (Å²) < 4.78 is 19.8. The third-order valence-electron chi connectivity index (χ3n) is 6.79. The number of para-hydroxylation sites is 2. The van der Waals surface area contributed by atoms with Gasteiger partial charge in [0, 0.05) is 50.7 Å². The highest BCUT2D eigenvalue weighted by molar-refractivity contribution is 5.57. The summed E-state index contributed by atoms with van der Waals surface area (Å²) in [4.78, 5) is 6.56. The molecule has 0 unspecified atom stereocenters. The highest BCUT2D eigenvalue weighted by atomic mass is 16.7. The van der Waals surface area contributed by atoms with Gasteiger partial charge >= 0.3 is 0 Å². The van der Waals surface area contributed by atoms with Crippen LogP contribution in [0.3, 0.4) is 0 Å². The summed E-state index contributed by atoms with van der Waals surface area (Å²) in [5.41, 5.74) is 3.36. The minimum atomic E-state index is -0.599. The van der Waals surface area contributed by atoms with Crippen LogP contribution in [0.25, 0.3) is 0 Å². The molecule has 5 atom stereocenters. The SMILES string of the molecule is CN(C)c1ccccc1[C@@]1(C)O[C@H]2CO[C@@H]3N2[C@H]1O[C@]3(C)c1ccccc1N(C)C. The summed E-state index contributed by atoms with van der Waals surface area (Å²) in [6.07, 6.45) is -0.549. The minimum absolute atomic E-state index is 0.117. The molecule has 0 amide bonds. The van der Waals surface area contributed by atoms with Crippen LogP contribution in [0.2, 0.25) is 0 Å². The molecule has 6 nitrogen and oxygen atoms in total. The fraction of sp³-hybridized carbons (Fsp3) is 0.500. The lowest BCUT2D eigenvalue weighted by Gasteiger charge is -2.36. The number of nitrogens with zero attached hydrogens (tertiary/aromatic N) is 3. The summed E-state index contributed by atoms with van der Waals surface area (Å²) in [5, 5.41) is 0. The molecule has 3 fully saturated rings. The molecule has 3 heterocycles. The summed E-state index contributed by atoms with van der Waals surface area (Å²) in [6, 6.07) is 16.9. The normalized spacial score (nSPS) is 34.9. The smallest absolute Gasteiger partial charge is 0.149 e. The molecule has 2 aromatic carbocycles. The highest BCUT2D eigenvalue weighted by Gasteiger charge is 2.68. The van der Waals surface area contributed by atoms with E-state index in [2.05, 4.69) is 105 Å². The van der Waals surface area contributed by atoms with Gasteiger partial charge in [0.1, 0.15) is 29.9 Å². The van der Waals surface area contributed by atoms with Gasteiger partial charge in [-0.3, -0.25) is 0 Å². The van der Waals surface area contributed by atoms with Gasteiger partial charge in [-0.05, 0) is 26.0 Å². The number of rotatable bonds is 4. The number of benzene rings is 2. The Morgan fingerprint density at radius 3 is 1.80 bits per heavy atom. The van der Waals surface area contributed by atoms with Crippen LogP contribution in [0.5, 0.6) is 0 Å². The zero-order valence-electron chi connectivity index (χ0n) is 18.6. The molecule has 0 bridgehead atoms. The second-order valence-corrected chi connectivity index (χ2v) is 9.21. The zero-order valence-corrected chi connectivity index (χ0v) is 18.6. The van der Waals surface area contributed by atoms with Crippen molar-refractivity contribution >= 4 is 11.4 Å². The average molecular weight is 410 g/mol. The van der Waals surface area contributed by atoms with E-state index in [0.29, 0.717) is 6.61 Å². The van der Waals surface area contributed by atoms with E-state index in [-0.39, 0.29) is 18.7 Å². The van der Waals surface area contributed by atoms with Crippen molar-refractivity contribution in [2.24, 2.45) is 0 Å². The van der Waals surface area contributed by atoms with Crippen LogP contribution in [-0.2, 0) is 25.4 Å². The van der Waals surface area contributed by atoms with Crippen LogP contribution >= 0.6 is 0 Å². The molecule has 0 N–H and O–H groups in total. The van der Waals surface area contributed by atoms with Crippen molar-refractivity contribution in [3.63, 3.8) is 0 Å². The van der Waals surface area contributed by atoms with Crippen molar-refractivity contribution in [1.29, 1.82) is 0 Å². The maximum Gasteiger partial charge on any atom is 0.149 e. The number of hydrogen-bond donors (Lipinski definition) is 0. The van der Waals surface area contributed by atoms with E-state index < -0.39 is 11.2 Å². The molecular formula is C24H31N3O3. The molecule has 0 radical (unpaired) electrons. The fourth-order valence-electron chi connectivity index (χ4n) is 5.36. The van der Waals surface area contributed by atoms with Crippen molar-refractivity contribution in [3.05, 3.63) is 59.7 Å². The Kier molecular flexibility index (Phi) is 4.42. The lowest BCUT2D eigenvalue weighted by atomic mass is 9.91. The van der Waals surface area contributed by atoms with E-state index >= 15 is 0 Å². The van der Waals surface area contributed by atoms with Crippen LogP contribution in [0.4, 0.5) is 11.4 Å². The summed E-state index contributed by atoms with van der Waals surface area (Å²) in [6.45, 7) is 4.85. The number of ether oxygens (including phenoxy) is 3. The van der Waals surface area contributed by atoms with Crippen LogP contribution in [0.15, 0.2) is 48.5 Å². The van der Waals surface area contributed by atoms with Gasteiger partial charge in [-0.2, -0.15) is 0 Å². The van der Waals surface area contributed by atoms with E-state index in [1.54, 1.807) is 0 Å². The molecule has 30 heavy (non-hydrogen) atoms. The van der Waals surface area contributed by atoms with Gasteiger partial charge < -0.3 is 24.0 Å². The zero-order chi connectivity index (χ0) is 21.3. The molecule has 160 valence electrons. The van der Waals surface area contributed by atoms with E-state index in [4.69, 9.17) is 14.2 Å². The Labute approximate surface area is 178 Å². The maximum atomic E-state index is 6.92. The van der Waals surface area contributed by atoms with Crippen molar-refractivity contribution in [2.45, 2.75) is 43.7 Å². The predicted octanol–water partition coefficient (Wildman–Crippen LogP) is 3.32. The topological polar surface area (TPSA) is 37.4 Å². The predicted molar refractivity (Wildman–Crippen MR) is 118 cm³/mol. The molecule has 0 spiro atoms. The third kappa shape index (κ3) is 2.57. The standard InChI is InChI=1S/C24H31N3O3/c1-23(16-11-7-9-13-18(16)25(3)4)21-27-20(15-28-21)29-24(2,22(27)30-23)17-12-8-10-14-19(17)26(5)6/h7-14,20-22H,15H2,1-6H3/t20-,21-,22-,23+,24+/m0/s1. The summed E-state index contributed by atoms with van der Waals surface area (Å²) in [5.74, 6) is 0. The largest absolute Gasteiger partial charge is 0.377 e. The lowest BCUT2D eigenvalue weighted by Crippen LogP contribution is -2.41. The van der Waals surface area contributed by atoms with Gasteiger partial charge in [-0.25, -0.2) is 4.90 Å². The van der Waals surface area contributed by atoms with Crippen LogP contribution in [0, 0.1) is 0 Å². The third-order valence-corrected chi connectivity index (χ3v) is 6.79. The van der Waals surface area contributed by atoms with E-state index in [1.165, 1.54) is 0 Å². The first-order valence-corrected chi connectivity index (χ1v) is 10.6. The van der Waals surface area contributed by atoms with Crippen LogP contribution in [0.1, 0.15) is 25.0 Å². The molecule has 0 saturated carbocycles. The molecule has 0 aliphatic carbocycles. The molecule has 5 rings (SSSR count). The second-order valence-electron chi connectivity index (χ2n) is 9.21. The molecular weight excluding hydrogens is 378 g/mol. The Morgan fingerprint density at radius 2 is 1.27 bits per heavy atom. The molecule has 3 aliphatic rings. The fourth-order valence-corrected chi connectivity index (χ4v) is 5.36. The summed E-state index contributed by atoms with van der Waals surface area (Å²) >= 11 is 0. The first-order chi connectivity index (χ1) is 14.3. The van der Waals surface area contributed by atoms with E-state index in [1.807, 2.05) is 0 Å². The van der Waals surface area contributed by atoms with Crippen molar-refractivity contribution in [2.75, 3.05) is 44.6 Å². The van der Waals surface area contributed by atoms with Gasteiger partial charge in [0.05, 0.1) is 6.61 Å². The molecule has 6 heteroatoms. The number of hydrogen-bond acceptors (Lipinski definition) is 6. The molecule has 2 aromatic rings. The summed E-state index contributed by atoms with van der Waals surface area (Å²) in [7, 11) is 8.27. The number of anilines is 2. The Balaban J connectivity index is 1.61. The average Bonchev–Trinajstić information content (AvgIpc) is 3.36. The Morgan fingerprint density at radius 1 is 0.767 bits per heavy atom. The Hall–Kier alpha value is -2.12. The first kappa shape index (κ1) is 19.8. The van der Waals surface area contributed by atoms with Crippen LogP contribution < -0.4 is 9.80 Å². The van der Waals surface area contributed by atoms with E-state index in [9.17, 15) is 0 Å². The first-order valence-electron chi connectivity index (χ1n) is 10.6. The maximum absolute atomic E-state index is 6.92. The molecule has 3 aliphatic heterocycles. The lowest BCUT2D eigenvalue weighted by molar-refractivity contribution is -0.137. The van der Waals surface area contributed by atoms with Gasteiger partial charge in [-0.15, -0.1) is 0 Å². The minimum Gasteiger partial charge on any atom is -0.377 e. The van der Waals surface area contributed by atoms with E-state index in [0.717, 1.165) is 22.5 Å². The van der Waals surface area contributed by atoms with Crippen LogP contribution in [-0.4, -0.2) is 58.4 Å². The second kappa shape index (κ2) is 6.69. The van der Waals surface area contributed by atoms with Gasteiger partial charge in [0.15, 0.2) is 0 Å². The van der Waals surface area contributed by atoms with Gasteiger partial charge in [0.2, 0.25) is 0 Å². The quantitative estimate of drug-likeness (QED) is 0.771. The van der Waals surface area contributed by atoms with Crippen molar-refractivity contribution < 1.29 is 14.2 Å². The van der Waals surface area contributed by atoms with Gasteiger partial charge in [-0.1, -0.05) is 36.4 Å².